The molecule has 1 aromatic carbocycles. The van der Waals surface area contributed by atoms with Crippen molar-refractivity contribution in [2.45, 2.75) is 72.6 Å². The van der Waals surface area contributed by atoms with Crippen LogP contribution >= 0.6 is 0 Å². The van der Waals surface area contributed by atoms with E-state index in [-0.39, 0.29) is 0 Å². The summed E-state index contributed by atoms with van der Waals surface area (Å²) in [6.07, 6.45) is -12.3. The fourth-order valence-electron chi connectivity index (χ4n) is 5.05. The Morgan fingerprint density at radius 1 is 0.688 bits per heavy atom. The Kier molecular flexibility index (Phi) is 9.67. The molecule has 4 atom stereocenters. The van der Waals surface area contributed by atoms with Gasteiger partial charge in [-0.05, 0) is 12.0 Å². The quantitative estimate of drug-likeness (QED) is 0.119. The van der Waals surface area contributed by atoms with Crippen LogP contribution in [0.3, 0.4) is 0 Å². The molecular weight excluding hydrogens is 715 g/mol. The molecule has 2 aliphatic heterocycles. The number of nitrogens with zero attached hydrogens (tertiary/aromatic N) is 1. The highest BCUT2D eigenvalue weighted by atomic mass is 19.4. The van der Waals surface area contributed by atoms with Crippen LogP contribution in [-0.2, 0) is 19.1 Å². The molecule has 0 bridgehead atoms. The molecule has 1 aromatic rings. The molecule has 23 heteroatoms. The molecule has 6 nitrogen and oxygen atoms in total. The summed E-state index contributed by atoms with van der Waals surface area (Å²) in [6.45, 7) is -1.47. The number of imide groups is 1. The van der Waals surface area contributed by atoms with Crippen LogP contribution in [0.4, 0.5) is 74.6 Å². The third-order valence-electron chi connectivity index (χ3n) is 7.77. The topological polar surface area (TPSA) is 75.7 Å². The zero-order valence-corrected chi connectivity index (χ0v) is 23.3. The van der Waals surface area contributed by atoms with Crippen LogP contribution in [-0.4, -0.2) is 90.0 Å². The fourth-order valence-corrected chi connectivity index (χ4v) is 5.05. The summed E-state index contributed by atoms with van der Waals surface area (Å²) in [4.78, 5) is 38.6. The number of amides is 2. The third kappa shape index (κ3) is 5.52. The number of ether oxygens (including phenoxy) is 1. The number of halogens is 17. The van der Waals surface area contributed by atoms with E-state index in [0.717, 1.165) is 7.05 Å². The maximum absolute atomic E-state index is 14.1. The maximum Gasteiger partial charge on any atom is 0.460 e. The van der Waals surface area contributed by atoms with Crippen LogP contribution in [0, 0.1) is 11.8 Å². The lowest BCUT2D eigenvalue weighted by atomic mass is 9.86. The SMILES string of the molecule is CN1C(=O)[C@@H]2[C@H](C1=O)[C@H](C(=O)OCCCC(F)(F)C(F)(F)C(F)(F)C(F)(F)C(F)(F)C(F)(F)C(F)(F)C(F)(F)F)N[C@@H]2c1ccccc1. The summed E-state index contributed by atoms with van der Waals surface area (Å²) in [5.41, 5.74) is 0.379. The van der Waals surface area contributed by atoms with Crippen molar-refractivity contribution < 1.29 is 93.8 Å². The Morgan fingerprint density at radius 3 is 1.60 bits per heavy atom. The molecule has 2 saturated heterocycles. The van der Waals surface area contributed by atoms with E-state index < -0.39 is 109 Å². The molecule has 0 saturated carbocycles. The minimum Gasteiger partial charge on any atom is -0.465 e. The molecule has 0 unspecified atom stereocenters. The molecule has 2 heterocycles. The smallest absolute Gasteiger partial charge is 0.460 e. The summed E-state index contributed by atoms with van der Waals surface area (Å²) in [5.74, 6) is -63.0. The molecule has 0 spiro atoms. The first-order valence-corrected chi connectivity index (χ1v) is 13.0. The van der Waals surface area contributed by atoms with E-state index >= 15 is 0 Å². The van der Waals surface area contributed by atoms with Gasteiger partial charge in [-0.1, -0.05) is 30.3 Å². The second kappa shape index (κ2) is 11.9. The van der Waals surface area contributed by atoms with Crippen molar-refractivity contribution in [2.75, 3.05) is 13.7 Å². The second-order valence-electron chi connectivity index (χ2n) is 10.7. The molecule has 272 valence electrons. The van der Waals surface area contributed by atoms with Crippen molar-refractivity contribution in [1.82, 2.24) is 10.2 Å². The number of fused-ring (bicyclic) bond motifs is 1. The third-order valence-corrected chi connectivity index (χ3v) is 7.77. The predicted molar refractivity (Wildman–Crippen MR) is 122 cm³/mol. The van der Waals surface area contributed by atoms with Crippen LogP contribution < -0.4 is 5.32 Å². The Labute approximate surface area is 256 Å². The van der Waals surface area contributed by atoms with Crippen LogP contribution in [0.2, 0.25) is 0 Å². The summed E-state index contributed by atoms with van der Waals surface area (Å²) >= 11 is 0. The Balaban J connectivity index is 1.76. The summed E-state index contributed by atoms with van der Waals surface area (Å²) in [6, 6.07) is 4.86. The van der Waals surface area contributed by atoms with Gasteiger partial charge in [0.2, 0.25) is 11.8 Å². The zero-order chi connectivity index (χ0) is 37.3. The number of benzene rings is 1. The lowest BCUT2D eigenvalue weighted by Crippen LogP contribution is -2.74. The van der Waals surface area contributed by atoms with E-state index in [2.05, 4.69) is 10.1 Å². The Hall–Kier alpha value is -3.40. The minimum absolute atomic E-state index is 0.379. The van der Waals surface area contributed by atoms with Gasteiger partial charge in [-0.2, -0.15) is 74.6 Å². The minimum atomic E-state index is -8.73. The molecule has 2 fully saturated rings. The largest absolute Gasteiger partial charge is 0.465 e. The summed E-state index contributed by atoms with van der Waals surface area (Å²) < 4.78 is 233. The van der Waals surface area contributed by atoms with Gasteiger partial charge in [-0.25, -0.2) is 0 Å². The predicted octanol–water partition coefficient (Wildman–Crippen LogP) is 6.26. The van der Waals surface area contributed by atoms with Gasteiger partial charge in [-0.15, -0.1) is 0 Å². The average Bonchev–Trinajstić information content (AvgIpc) is 3.47. The van der Waals surface area contributed by atoms with Gasteiger partial charge in [0.1, 0.15) is 6.04 Å². The number of carbonyl (C=O) groups excluding carboxylic acids is 3. The highest BCUT2D eigenvalue weighted by Gasteiger charge is 2.95. The number of nitrogens with one attached hydrogen (secondary N) is 1. The van der Waals surface area contributed by atoms with Crippen LogP contribution in [0.15, 0.2) is 30.3 Å². The number of likely N-dealkylation sites (tertiary alicyclic amines) is 1. The molecule has 2 aliphatic rings. The lowest BCUT2D eigenvalue weighted by Gasteiger charge is -2.42. The zero-order valence-electron chi connectivity index (χ0n) is 23.3. The van der Waals surface area contributed by atoms with Gasteiger partial charge in [0.15, 0.2) is 0 Å². The van der Waals surface area contributed by atoms with E-state index in [9.17, 15) is 89.0 Å². The lowest BCUT2D eigenvalue weighted by molar-refractivity contribution is -0.461. The normalized spacial score (nSPS) is 23.5. The highest BCUT2D eigenvalue weighted by Crippen LogP contribution is 2.64. The van der Waals surface area contributed by atoms with Gasteiger partial charge in [0.25, 0.3) is 0 Å². The number of esters is 1. The second-order valence-corrected chi connectivity index (χ2v) is 10.7. The van der Waals surface area contributed by atoms with Crippen LogP contribution in [0.5, 0.6) is 0 Å². The van der Waals surface area contributed by atoms with Gasteiger partial charge in [0.05, 0.1) is 18.4 Å². The highest BCUT2D eigenvalue weighted by molar-refractivity contribution is 6.08. The number of hydrogen-bond acceptors (Lipinski definition) is 5. The average molecular weight is 734 g/mol. The van der Waals surface area contributed by atoms with Crippen LogP contribution in [0.25, 0.3) is 0 Å². The van der Waals surface area contributed by atoms with Gasteiger partial charge < -0.3 is 4.74 Å². The molecule has 48 heavy (non-hydrogen) atoms. The molecule has 0 aliphatic carbocycles. The Morgan fingerprint density at radius 2 is 1.12 bits per heavy atom. The summed E-state index contributed by atoms with van der Waals surface area (Å²) in [5, 5.41) is 2.60. The first kappa shape index (κ1) is 39.0. The standard InChI is InChI=1S/C25H19F17N2O4/c1-44-15(45)11-12(16(44)46)14(43-13(11)10-6-3-2-4-7-10)17(47)48-9-5-8-18(26,27)19(28,29)20(30,31)21(32,33)22(34,35)23(36,37)24(38,39)25(40,41)42/h2-4,6-7,11-14,43H,5,8-9H2,1H3/t11-,12+,13-,14-/m1/s1. The van der Waals surface area contributed by atoms with Crippen molar-refractivity contribution >= 4 is 17.8 Å². The van der Waals surface area contributed by atoms with Crippen molar-refractivity contribution in [3.63, 3.8) is 0 Å². The van der Waals surface area contributed by atoms with Gasteiger partial charge in [0, 0.05) is 19.5 Å². The van der Waals surface area contributed by atoms with E-state index in [1.807, 2.05) is 0 Å². The molecular formula is C25H19F17N2O4. The molecule has 3 rings (SSSR count). The van der Waals surface area contributed by atoms with E-state index in [4.69, 9.17) is 0 Å². The van der Waals surface area contributed by atoms with E-state index in [0.29, 0.717) is 10.5 Å². The number of rotatable bonds is 12. The monoisotopic (exact) mass is 734 g/mol. The van der Waals surface area contributed by atoms with E-state index in [1.54, 1.807) is 6.07 Å². The molecule has 0 radical (unpaired) electrons. The first-order valence-electron chi connectivity index (χ1n) is 13.0. The first-order chi connectivity index (χ1) is 21.5. The number of hydrogen-bond donors (Lipinski definition) is 1. The van der Waals surface area contributed by atoms with Crippen LogP contribution in [0.1, 0.15) is 24.4 Å². The maximum atomic E-state index is 14.1. The number of alkyl halides is 17. The van der Waals surface area contributed by atoms with Crippen molar-refractivity contribution in [1.29, 1.82) is 0 Å². The van der Waals surface area contributed by atoms with Crippen molar-refractivity contribution in [3.05, 3.63) is 35.9 Å². The fraction of sp³-hybridized carbons (Fsp3) is 0.640. The van der Waals surface area contributed by atoms with Crippen molar-refractivity contribution in [3.8, 4) is 0 Å². The molecule has 1 N–H and O–H groups in total. The van der Waals surface area contributed by atoms with Gasteiger partial charge >= 0.3 is 53.6 Å². The van der Waals surface area contributed by atoms with E-state index in [1.165, 1.54) is 24.3 Å². The van der Waals surface area contributed by atoms with Gasteiger partial charge in [-0.3, -0.25) is 24.6 Å². The van der Waals surface area contributed by atoms with Crippen molar-refractivity contribution in [2.24, 2.45) is 11.8 Å². The number of carbonyl (C=O) groups is 3. The molecule has 0 aromatic heterocycles. The summed E-state index contributed by atoms with van der Waals surface area (Å²) in [7, 11) is 1.06. The Bertz CT molecular complexity index is 1400. The molecule has 2 amide bonds.